The van der Waals surface area contributed by atoms with Crippen molar-refractivity contribution < 1.29 is 4.39 Å². The van der Waals surface area contributed by atoms with E-state index in [-0.39, 0.29) is 9.84 Å². The lowest BCUT2D eigenvalue weighted by atomic mass is 10.3. The molecule has 0 spiro atoms. The molecule has 1 fully saturated rings. The summed E-state index contributed by atoms with van der Waals surface area (Å²) in [6.45, 7) is 3.10. The van der Waals surface area contributed by atoms with Gasteiger partial charge in [0.1, 0.15) is 0 Å². The summed E-state index contributed by atoms with van der Waals surface area (Å²) in [7, 11) is 1.53. The number of alkyl halides is 1. The minimum absolute atomic E-state index is 0.333. The third kappa shape index (κ3) is 1.56. The van der Waals surface area contributed by atoms with Gasteiger partial charge in [0.25, 0.3) is 0 Å². The van der Waals surface area contributed by atoms with Crippen molar-refractivity contribution in [3.8, 4) is 0 Å². The Labute approximate surface area is 64.0 Å². The Bertz CT molecular complexity index is 112. The van der Waals surface area contributed by atoms with E-state index in [1.54, 1.807) is 0 Å². The highest BCUT2D eigenvalue weighted by molar-refractivity contribution is 6.31. The monoisotopic (exact) mass is 162 g/mol. The van der Waals surface area contributed by atoms with Crippen LogP contribution in [0.15, 0.2) is 0 Å². The lowest BCUT2D eigenvalue weighted by Crippen LogP contribution is -2.62. The van der Waals surface area contributed by atoms with Gasteiger partial charge in [0.15, 0.2) is 16.3 Å². The summed E-state index contributed by atoms with van der Waals surface area (Å²) < 4.78 is 16.6. The first-order chi connectivity index (χ1) is 4.75. The molecular formula is C6H15FN2Si. The normalized spacial score (nSPS) is 30.9. The van der Waals surface area contributed by atoms with Crippen LogP contribution in [0.4, 0.5) is 4.39 Å². The molecule has 0 saturated carbocycles. The van der Waals surface area contributed by atoms with E-state index in [0.29, 0.717) is 0 Å². The first-order valence-electron chi connectivity index (χ1n) is 3.84. The number of rotatable bonds is 3. The van der Waals surface area contributed by atoms with Gasteiger partial charge in [-0.2, -0.15) is 0 Å². The summed E-state index contributed by atoms with van der Waals surface area (Å²) in [5.74, 6) is 0. The summed E-state index contributed by atoms with van der Waals surface area (Å²) >= 11 is 0. The van der Waals surface area contributed by atoms with Crippen LogP contribution in [-0.4, -0.2) is 39.0 Å². The number of hydrogen-bond donors (Lipinski definition) is 0. The fourth-order valence-corrected chi connectivity index (χ4v) is 2.55. The van der Waals surface area contributed by atoms with Gasteiger partial charge >= 0.3 is 0 Å². The average Bonchev–Trinajstić information content (AvgIpc) is 1.97. The molecule has 1 aliphatic rings. The van der Waals surface area contributed by atoms with Crippen LogP contribution in [0.25, 0.3) is 0 Å². The second kappa shape index (κ2) is 3.46. The average molecular weight is 162 g/mol. The van der Waals surface area contributed by atoms with Gasteiger partial charge in [-0.15, -0.1) is 0 Å². The molecule has 1 atom stereocenters. The van der Waals surface area contributed by atoms with Crippen molar-refractivity contribution in [1.29, 1.82) is 0 Å². The molecule has 0 radical (unpaired) electrons. The summed E-state index contributed by atoms with van der Waals surface area (Å²) in [5, 5.41) is 0. The SMILES string of the molecule is CCCCN1[SiH2]N(C)C1F. The van der Waals surface area contributed by atoms with Gasteiger partial charge in [0.05, 0.1) is 0 Å². The van der Waals surface area contributed by atoms with Crippen molar-refractivity contribution >= 4 is 9.84 Å². The van der Waals surface area contributed by atoms with Crippen LogP contribution in [0, 0.1) is 0 Å². The molecule has 0 aromatic rings. The van der Waals surface area contributed by atoms with E-state index < -0.39 is 6.42 Å². The van der Waals surface area contributed by atoms with E-state index in [2.05, 4.69) is 6.92 Å². The van der Waals surface area contributed by atoms with E-state index in [1.165, 1.54) is 6.42 Å². The quantitative estimate of drug-likeness (QED) is 0.434. The number of nitrogens with zero attached hydrogens (tertiary/aromatic N) is 2. The summed E-state index contributed by atoms with van der Waals surface area (Å²) in [6.07, 6.45) is 1.56. The molecule has 0 amide bonds. The second-order valence-electron chi connectivity index (χ2n) is 2.87. The van der Waals surface area contributed by atoms with Gasteiger partial charge in [-0.1, -0.05) is 13.3 Å². The Hall–Kier alpha value is 0.0669. The zero-order valence-electron chi connectivity index (χ0n) is 6.68. The van der Waals surface area contributed by atoms with Gasteiger partial charge in [-0.05, 0) is 20.0 Å². The molecule has 1 unspecified atom stereocenters. The van der Waals surface area contributed by atoms with Gasteiger partial charge < -0.3 is 0 Å². The van der Waals surface area contributed by atoms with Gasteiger partial charge in [0, 0.05) is 0 Å². The summed E-state index contributed by atoms with van der Waals surface area (Å²) in [4.78, 5) is 0. The van der Waals surface area contributed by atoms with Crippen molar-refractivity contribution in [1.82, 2.24) is 9.13 Å². The van der Waals surface area contributed by atoms with Crippen LogP contribution in [0.1, 0.15) is 19.8 Å². The van der Waals surface area contributed by atoms with Crippen LogP contribution in [0.3, 0.4) is 0 Å². The van der Waals surface area contributed by atoms with Gasteiger partial charge in [-0.25, -0.2) is 4.39 Å². The van der Waals surface area contributed by atoms with Crippen LogP contribution in [0.2, 0.25) is 0 Å². The highest BCUT2D eigenvalue weighted by Gasteiger charge is 2.32. The maximum absolute atomic E-state index is 12.8. The number of hydrogen-bond acceptors (Lipinski definition) is 2. The van der Waals surface area contributed by atoms with Crippen LogP contribution < -0.4 is 0 Å². The van der Waals surface area contributed by atoms with Crippen LogP contribution in [0.5, 0.6) is 0 Å². The minimum atomic E-state index is -0.752. The maximum atomic E-state index is 12.8. The Morgan fingerprint density at radius 2 is 2.30 bits per heavy atom. The Balaban J connectivity index is 2.08. The van der Waals surface area contributed by atoms with E-state index >= 15 is 0 Å². The molecule has 1 rings (SSSR count). The fraction of sp³-hybridized carbons (Fsp3) is 1.00. The van der Waals surface area contributed by atoms with E-state index in [4.69, 9.17) is 0 Å². The fourth-order valence-electron chi connectivity index (χ4n) is 1.14. The zero-order valence-corrected chi connectivity index (χ0v) is 8.09. The van der Waals surface area contributed by atoms with Crippen molar-refractivity contribution in [2.24, 2.45) is 0 Å². The molecule has 2 nitrogen and oxygen atoms in total. The molecule has 60 valence electrons. The molecule has 0 bridgehead atoms. The predicted octanol–water partition coefficient (Wildman–Crippen LogP) is 0.286. The highest BCUT2D eigenvalue weighted by atomic mass is 28.2. The van der Waals surface area contributed by atoms with Crippen LogP contribution >= 0.6 is 0 Å². The third-order valence-electron chi connectivity index (χ3n) is 1.87. The van der Waals surface area contributed by atoms with Crippen LogP contribution in [-0.2, 0) is 0 Å². The number of unbranched alkanes of at least 4 members (excludes halogenated alkanes) is 1. The third-order valence-corrected chi connectivity index (χ3v) is 3.60. The van der Waals surface area contributed by atoms with Gasteiger partial charge in [0.2, 0.25) is 0 Å². The van der Waals surface area contributed by atoms with E-state index in [9.17, 15) is 4.39 Å². The molecule has 0 aromatic carbocycles. The molecule has 0 aliphatic carbocycles. The largest absolute Gasteiger partial charge is 0.278 e. The minimum Gasteiger partial charge on any atom is -0.278 e. The molecule has 0 N–H and O–H groups in total. The zero-order chi connectivity index (χ0) is 7.56. The standard InChI is InChI=1S/C6H15FN2Si/c1-3-4-5-9-6(7)8(2)10-9/h6H,3-5,10H2,1-2H3. The van der Waals surface area contributed by atoms with E-state index in [0.717, 1.165) is 13.0 Å². The smallest absolute Gasteiger partial charge is 0.199 e. The Morgan fingerprint density at radius 1 is 1.60 bits per heavy atom. The van der Waals surface area contributed by atoms with Crippen molar-refractivity contribution in [3.05, 3.63) is 0 Å². The molecule has 10 heavy (non-hydrogen) atoms. The van der Waals surface area contributed by atoms with Crippen molar-refractivity contribution in [2.45, 2.75) is 26.2 Å². The lowest BCUT2D eigenvalue weighted by molar-refractivity contribution is -0.00146. The predicted molar refractivity (Wildman–Crippen MR) is 42.8 cm³/mol. The first-order valence-corrected chi connectivity index (χ1v) is 5.10. The highest BCUT2D eigenvalue weighted by Crippen LogP contribution is 2.15. The molecule has 1 aliphatic heterocycles. The first kappa shape index (κ1) is 8.17. The van der Waals surface area contributed by atoms with Crippen molar-refractivity contribution in [3.63, 3.8) is 0 Å². The second-order valence-corrected chi connectivity index (χ2v) is 4.97. The van der Waals surface area contributed by atoms with E-state index in [1.807, 2.05) is 16.2 Å². The van der Waals surface area contributed by atoms with Crippen molar-refractivity contribution in [2.75, 3.05) is 13.6 Å². The molecule has 4 heteroatoms. The Kier molecular flexibility index (Phi) is 2.82. The lowest BCUT2D eigenvalue weighted by Gasteiger charge is -2.43. The summed E-state index contributed by atoms with van der Waals surface area (Å²) in [5.41, 5.74) is 0. The Morgan fingerprint density at radius 3 is 2.70 bits per heavy atom. The number of halogens is 1. The molecule has 0 aromatic heterocycles. The topological polar surface area (TPSA) is 6.48 Å². The maximum Gasteiger partial charge on any atom is 0.199 e. The summed E-state index contributed by atoms with van der Waals surface area (Å²) in [6, 6.07) is 0. The molecule has 1 saturated heterocycles. The molecule has 1 heterocycles. The molecular weight excluding hydrogens is 147 g/mol. The van der Waals surface area contributed by atoms with Gasteiger partial charge in [-0.3, -0.25) is 9.13 Å².